The van der Waals surface area contributed by atoms with Gasteiger partial charge in [-0.3, -0.25) is 4.79 Å². The van der Waals surface area contributed by atoms with E-state index in [4.69, 9.17) is 10.00 Å². The predicted octanol–water partition coefficient (Wildman–Crippen LogP) is 5.66. The van der Waals surface area contributed by atoms with Crippen LogP contribution in [-0.4, -0.2) is 13.0 Å². The van der Waals surface area contributed by atoms with E-state index in [0.717, 1.165) is 33.1 Å². The molecule has 4 nitrogen and oxygen atoms in total. The lowest BCUT2D eigenvalue weighted by Gasteiger charge is -2.19. The van der Waals surface area contributed by atoms with Crippen molar-refractivity contribution in [3.05, 3.63) is 94.5 Å². The molecular weight excluding hydrogens is 392 g/mol. The quantitative estimate of drug-likeness (QED) is 0.505. The first-order valence-electron chi connectivity index (χ1n) is 9.68. The fourth-order valence-corrected chi connectivity index (χ4v) is 4.17. The molecule has 0 aliphatic carbocycles. The average molecular weight is 417 g/mol. The molecule has 1 unspecified atom stereocenters. The van der Waals surface area contributed by atoms with Gasteiger partial charge in [-0.05, 0) is 49.7 Å². The highest BCUT2D eigenvalue weighted by atomic mass is 32.2. The highest BCUT2D eigenvalue weighted by Gasteiger charge is 2.17. The first-order chi connectivity index (χ1) is 14.5. The summed E-state index contributed by atoms with van der Waals surface area (Å²) in [7, 11) is 1.64. The Morgan fingerprint density at radius 3 is 2.57 bits per heavy atom. The van der Waals surface area contributed by atoms with Gasteiger partial charge in [-0.25, -0.2) is 0 Å². The Hall–Kier alpha value is -3.23. The van der Waals surface area contributed by atoms with Crippen LogP contribution in [0.3, 0.4) is 0 Å². The Kier molecular flexibility index (Phi) is 7.16. The number of carbonyl (C=O) groups is 1. The van der Waals surface area contributed by atoms with E-state index in [2.05, 4.69) is 11.4 Å². The first kappa shape index (κ1) is 21.5. The molecule has 5 heteroatoms. The maximum Gasteiger partial charge on any atom is 0.252 e. The van der Waals surface area contributed by atoms with Crippen molar-refractivity contribution in [3.8, 4) is 11.8 Å². The molecule has 1 atom stereocenters. The van der Waals surface area contributed by atoms with Crippen LogP contribution in [0.2, 0.25) is 0 Å². The molecule has 30 heavy (non-hydrogen) atoms. The van der Waals surface area contributed by atoms with E-state index in [1.54, 1.807) is 18.9 Å². The van der Waals surface area contributed by atoms with Crippen molar-refractivity contribution in [2.75, 3.05) is 7.11 Å². The largest absolute Gasteiger partial charge is 0.496 e. The van der Waals surface area contributed by atoms with Gasteiger partial charge in [-0.15, -0.1) is 11.8 Å². The minimum atomic E-state index is -0.191. The maximum absolute atomic E-state index is 13.0. The third-order valence-electron chi connectivity index (χ3n) is 4.81. The van der Waals surface area contributed by atoms with E-state index < -0.39 is 0 Å². The zero-order chi connectivity index (χ0) is 21.5. The number of amides is 1. The Morgan fingerprint density at radius 2 is 1.87 bits per heavy atom. The van der Waals surface area contributed by atoms with E-state index in [-0.39, 0.29) is 11.9 Å². The van der Waals surface area contributed by atoms with Crippen LogP contribution in [0, 0.1) is 18.3 Å². The molecule has 0 radical (unpaired) electrons. The fraction of sp³-hybridized carbons (Fsp3) is 0.200. The van der Waals surface area contributed by atoms with Crippen molar-refractivity contribution in [1.82, 2.24) is 5.32 Å². The van der Waals surface area contributed by atoms with Crippen molar-refractivity contribution >= 4 is 17.7 Å². The Morgan fingerprint density at radius 1 is 1.13 bits per heavy atom. The summed E-state index contributed by atoms with van der Waals surface area (Å²) in [6.07, 6.45) is 0. The van der Waals surface area contributed by atoms with E-state index >= 15 is 0 Å². The minimum absolute atomic E-state index is 0.117. The molecule has 3 aromatic rings. The lowest BCUT2D eigenvalue weighted by Crippen LogP contribution is -2.27. The van der Waals surface area contributed by atoms with Crippen LogP contribution in [0.1, 0.15) is 45.6 Å². The summed E-state index contributed by atoms with van der Waals surface area (Å²) in [5.74, 6) is 1.36. The molecule has 0 aromatic heterocycles. The number of methoxy groups -OCH3 is 1. The summed E-state index contributed by atoms with van der Waals surface area (Å²) < 4.78 is 5.46. The normalized spacial score (nSPS) is 11.4. The van der Waals surface area contributed by atoms with Gasteiger partial charge in [0.1, 0.15) is 5.75 Å². The number of hydrogen-bond donors (Lipinski definition) is 1. The molecule has 0 saturated heterocycles. The van der Waals surface area contributed by atoms with Crippen LogP contribution < -0.4 is 10.1 Å². The zero-order valence-corrected chi connectivity index (χ0v) is 18.1. The van der Waals surface area contributed by atoms with Gasteiger partial charge in [0.05, 0.1) is 30.3 Å². The van der Waals surface area contributed by atoms with E-state index in [1.165, 1.54) is 0 Å². The molecule has 0 heterocycles. The van der Waals surface area contributed by atoms with Gasteiger partial charge in [0.2, 0.25) is 0 Å². The number of carbonyl (C=O) groups excluding carboxylic acids is 1. The second kappa shape index (κ2) is 10.00. The SMILES string of the molecule is COc1ccc(C)cc1C(C)NC(=O)c1ccccc1SCc1ccc(C#N)cc1. The van der Waals surface area contributed by atoms with Crippen LogP contribution >= 0.6 is 11.8 Å². The molecule has 0 aliphatic rings. The van der Waals surface area contributed by atoms with Gasteiger partial charge in [0.25, 0.3) is 5.91 Å². The average Bonchev–Trinajstić information content (AvgIpc) is 2.78. The van der Waals surface area contributed by atoms with Crippen LogP contribution in [0.15, 0.2) is 71.6 Å². The monoisotopic (exact) mass is 416 g/mol. The summed E-state index contributed by atoms with van der Waals surface area (Å²) in [6, 6.07) is 23.0. The Bertz CT molecular complexity index is 1070. The number of hydrogen-bond acceptors (Lipinski definition) is 4. The lowest BCUT2D eigenvalue weighted by atomic mass is 10.0. The van der Waals surface area contributed by atoms with Crippen LogP contribution in [0.4, 0.5) is 0 Å². The molecule has 1 N–H and O–H groups in total. The molecule has 3 aromatic carbocycles. The van der Waals surface area contributed by atoms with Gasteiger partial charge in [-0.1, -0.05) is 42.0 Å². The third kappa shape index (κ3) is 5.22. The van der Waals surface area contributed by atoms with Crippen molar-refractivity contribution in [2.45, 2.75) is 30.5 Å². The van der Waals surface area contributed by atoms with Gasteiger partial charge >= 0.3 is 0 Å². The Balaban J connectivity index is 1.73. The van der Waals surface area contributed by atoms with Crippen molar-refractivity contribution in [3.63, 3.8) is 0 Å². The van der Waals surface area contributed by atoms with Crippen molar-refractivity contribution in [1.29, 1.82) is 5.26 Å². The maximum atomic E-state index is 13.0. The number of nitrogens with zero attached hydrogens (tertiary/aromatic N) is 1. The first-order valence-corrected chi connectivity index (χ1v) is 10.7. The summed E-state index contributed by atoms with van der Waals surface area (Å²) in [5.41, 5.74) is 4.46. The summed E-state index contributed by atoms with van der Waals surface area (Å²) >= 11 is 1.61. The zero-order valence-electron chi connectivity index (χ0n) is 17.3. The third-order valence-corrected chi connectivity index (χ3v) is 5.95. The number of nitrogens with one attached hydrogen (secondary N) is 1. The molecule has 152 valence electrons. The number of rotatable bonds is 7. The molecular formula is C25H24N2O2S. The van der Waals surface area contributed by atoms with E-state index in [0.29, 0.717) is 11.1 Å². The molecule has 0 spiro atoms. The molecule has 0 saturated carbocycles. The number of aryl methyl sites for hydroxylation is 1. The summed E-state index contributed by atoms with van der Waals surface area (Å²) in [6.45, 7) is 3.98. The van der Waals surface area contributed by atoms with Crippen molar-refractivity contribution in [2.24, 2.45) is 0 Å². The highest BCUT2D eigenvalue weighted by molar-refractivity contribution is 7.98. The second-order valence-electron chi connectivity index (χ2n) is 7.03. The number of ether oxygens (including phenoxy) is 1. The number of thioether (sulfide) groups is 1. The minimum Gasteiger partial charge on any atom is -0.496 e. The van der Waals surface area contributed by atoms with Crippen molar-refractivity contribution < 1.29 is 9.53 Å². The van der Waals surface area contributed by atoms with Gasteiger partial charge in [0.15, 0.2) is 0 Å². The second-order valence-corrected chi connectivity index (χ2v) is 8.05. The summed E-state index contributed by atoms with van der Waals surface area (Å²) in [4.78, 5) is 13.9. The number of benzene rings is 3. The highest BCUT2D eigenvalue weighted by Crippen LogP contribution is 2.29. The van der Waals surface area contributed by atoms with Crippen LogP contribution in [-0.2, 0) is 5.75 Å². The van der Waals surface area contributed by atoms with Gasteiger partial charge < -0.3 is 10.1 Å². The predicted molar refractivity (Wildman–Crippen MR) is 121 cm³/mol. The molecule has 3 rings (SSSR count). The molecule has 0 fully saturated rings. The van der Waals surface area contributed by atoms with Gasteiger partial charge in [0, 0.05) is 16.2 Å². The lowest BCUT2D eigenvalue weighted by molar-refractivity contribution is 0.0936. The number of nitriles is 1. The smallest absolute Gasteiger partial charge is 0.252 e. The Labute approximate surface area is 181 Å². The topological polar surface area (TPSA) is 62.1 Å². The van der Waals surface area contributed by atoms with Gasteiger partial charge in [-0.2, -0.15) is 5.26 Å². The molecule has 0 bridgehead atoms. The molecule has 1 amide bonds. The van der Waals surface area contributed by atoms with E-state index in [9.17, 15) is 4.79 Å². The summed E-state index contributed by atoms with van der Waals surface area (Å²) in [5, 5.41) is 12.0. The van der Waals surface area contributed by atoms with Crippen LogP contribution in [0.25, 0.3) is 0 Å². The standard InChI is InChI=1S/C25H24N2O2S/c1-17-8-13-23(29-3)22(14-17)18(2)27-25(28)21-6-4-5-7-24(21)30-16-20-11-9-19(15-26)10-12-20/h4-14,18H,16H2,1-3H3,(H,27,28). The fourth-order valence-electron chi connectivity index (χ4n) is 3.16. The van der Waals surface area contributed by atoms with Crippen LogP contribution in [0.5, 0.6) is 5.75 Å². The molecule has 0 aliphatic heterocycles. The van der Waals surface area contributed by atoms with E-state index in [1.807, 2.05) is 80.6 Å².